The van der Waals surface area contributed by atoms with Crippen LogP contribution >= 0.6 is 0 Å². The number of hydrogen-bond donors (Lipinski definition) is 3. The number of allylic oxidation sites excluding steroid dienone is 1. The third-order valence-electron chi connectivity index (χ3n) is 6.81. The molecule has 34 heavy (non-hydrogen) atoms. The molecule has 0 saturated carbocycles. The van der Waals surface area contributed by atoms with Crippen molar-refractivity contribution in [2.75, 3.05) is 19.6 Å². The molecule has 2 aliphatic carbocycles. The molecule has 5 rings (SSSR count). The third-order valence-corrected chi connectivity index (χ3v) is 6.81. The molecular formula is C28H40N6. The minimum Gasteiger partial charge on any atom is -0.339 e. The summed E-state index contributed by atoms with van der Waals surface area (Å²) in [6, 6.07) is 6.40. The van der Waals surface area contributed by atoms with Gasteiger partial charge in [-0.1, -0.05) is 12.1 Å². The van der Waals surface area contributed by atoms with Gasteiger partial charge < -0.3 is 21.4 Å². The van der Waals surface area contributed by atoms with Crippen LogP contribution in [-0.2, 0) is 32.4 Å². The molecular weight excluding hydrogens is 420 g/mol. The summed E-state index contributed by atoms with van der Waals surface area (Å²) in [7, 11) is 0. The average molecular weight is 461 g/mol. The van der Waals surface area contributed by atoms with Gasteiger partial charge in [0.25, 0.3) is 0 Å². The van der Waals surface area contributed by atoms with Gasteiger partial charge in [-0.05, 0) is 107 Å². The van der Waals surface area contributed by atoms with E-state index in [1.54, 1.807) is 0 Å². The molecule has 2 aliphatic rings. The highest BCUT2D eigenvalue weighted by Crippen LogP contribution is 2.32. The van der Waals surface area contributed by atoms with Gasteiger partial charge in [0.15, 0.2) is 0 Å². The van der Waals surface area contributed by atoms with Crippen LogP contribution in [-0.4, -0.2) is 34.2 Å². The molecule has 3 heterocycles. The second kappa shape index (κ2) is 12.8. The lowest BCUT2D eigenvalue weighted by atomic mass is 9.96. The Labute approximate surface area is 203 Å². The van der Waals surface area contributed by atoms with Gasteiger partial charge in [0.1, 0.15) is 0 Å². The van der Waals surface area contributed by atoms with Gasteiger partial charge in [0.2, 0.25) is 0 Å². The number of aryl methyl sites for hydroxylation is 4. The predicted molar refractivity (Wildman–Crippen MR) is 142 cm³/mol. The molecule has 5 N–H and O–H groups in total. The van der Waals surface area contributed by atoms with Crippen molar-refractivity contribution in [1.82, 2.24) is 19.9 Å². The highest BCUT2D eigenvalue weighted by Gasteiger charge is 2.19. The molecule has 0 aromatic carbocycles. The van der Waals surface area contributed by atoms with Crippen LogP contribution in [0.15, 0.2) is 36.7 Å². The zero-order valence-electron chi connectivity index (χ0n) is 20.4. The van der Waals surface area contributed by atoms with E-state index in [1.165, 1.54) is 59.1 Å². The quantitative estimate of drug-likeness (QED) is 0.417. The lowest BCUT2D eigenvalue weighted by Crippen LogP contribution is -2.17. The third kappa shape index (κ3) is 5.93. The van der Waals surface area contributed by atoms with E-state index in [0.29, 0.717) is 6.54 Å². The second-order valence-electron chi connectivity index (χ2n) is 9.24. The minimum absolute atomic E-state index is 0.713. The molecule has 0 radical (unpaired) electrons. The average Bonchev–Trinajstić information content (AvgIpc) is 3.22. The lowest BCUT2D eigenvalue weighted by Gasteiger charge is -2.12. The Morgan fingerprint density at radius 3 is 2.68 bits per heavy atom. The second-order valence-corrected chi connectivity index (χ2v) is 9.24. The number of nitrogens with two attached hydrogens (primary N) is 2. The molecule has 3 aromatic rings. The van der Waals surface area contributed by atoms with Gasteiger partial charge in [0.05, 0.1) is 11.2 Å². The van der Waals surface area contributed by atoms with Crippen LogP contribution in [0.5, 0.6) is 0 Å². The maximum absolute atomic E-state index is 5.76. The molecule has 0 saturated heterocycles. The maximum atomic E-state index is 5.76. The van der Waals surface area contributed by atoms with Crippen LogP contribution in [0.4, 0.5) is 0 Å². The number of aromatic nitrogens is 3. The van der Waals surface area contributed by atoms with Gasteiger partial charge >= 0.3 is 0 Å². The van der Waals surface area contributed by atoms with Gasteiger partial charge in [-0.15, -0.1) is 0 Å². The van der Waals surface area contributed by atoms with Crippen LogP contribution in [0.1, 0.15) is 66.7 Å². The molecule has 182 valence electrons. The fraction of sp³-hybridized carbons (Fsp3) is 0.500. The van der Waals surface area contributed by atoms with Crippen molar-refractivity contribution in [2.24, 2.45) is 11.5 Å². The first-order valence-corrected chi connectivity index (χ1v) is 13.0. The van der Waals surface area contributed by atoms with Crippen molar-refractivity contribution in [3.8, 4) is 0 Å². The zero-order chi connectivity index (χ0) is 23.6. The zero-order valence-corrected chi connectivity index (χ0v) is 20.4. The molecule has 0 atom stereocenters. The van der Waals surface area contributed by atoms with Crippen molar-refractivity contribution in [1.29, 1.82) is 0 Å². The fourth-order valence-corrected chi connectivity index (χ4v) is 5.08. The number of hydrogen-bond acceptors (Lipinski definition) is 5. The van der Waals surface area contributed by atoms with E-state index in [-0.39, 0.29) is 0 Å². The largest absolute Gasteiger partial charge is 0.339 e. The Bertz CT molecular complexity index is 1060. The normalized spacial score (nSPS) is 14.4. The minimum atomic E-state index is 0.713. The molecule has 0 amide bonds. The Hall–Kier alpha value is -2.54. The van der Waals surface area contributed by atoms with Crippen molar-refractivity contribution >= 4 is 17.0 Å². The lowest BCUT2D eigenvalue weighted by molar-refractivity contribution is 0.617. The van der Waals surface area contributed by atoms with Crippen LogP contribution in [0, 0.1) is 0 Å². The standard InChI is InChI=1S/C19H29N5.C9H11N/c20-9-3-4-11-22-14-17-19-16(8-12-23-17)15-6-1-2-7-18(15)24(19)13-5-10-21;1-2-6-9-8(4-1)5-3-7-10-9/h2,7-8,12,22H,1,3-6,9-11,13-14,20-21H2;3,5,7H,1-2,4,6H2. The number of nitrogens with one attached hydrogen (secondary N) is 1. The van der Waals surface area contributed by atoms with Crippen LogP contribution in [0.25, 0.3) is 17.0 Å². The van der Waals surface area contributed by atoms with Crippen molar-refractivity contribution in [3.05, 3.63) is 64.9 Å². The first kappa shape index (κ1) is 24.6. The topological polar surface area (TPSA) is 94.8 Å². The van der Waals surface area contributed by atoms with Gasteiger partial charge in [0, 0.05) is 42.3 Å². The van der Waals surface area contributed by atoms with Gasteiger partial charge in [-0.25, -0.2) is 0 Å². The van der Waals surface area contributed by atoms with Crippen LogP contribution in [0.3, 0.4) is 0 Å². The Morgan fingerprint density at radius 2 is 1.82 bits per heavy atom. The molecule has 0 aliphatic heterocycles. The first-order valence-electron chi connectivity index (χ1n) is 13.0. The molecule has 3 aromatic heterocycles. The molecule has 6 nitrogen and oxygen atoms in total. The van der Waals surface area contributed by atoms with Crippen molar-refractivity contribution < 1.29 is 0 Å². The van der Waals surface area contributed by atoms with Gasteiger partial charge in [-0.3, -0.25) is 9.97 Å². The Kier molecular flexibility index (Phi) is 9.25. The van der Waals surface area contributed by atoms with Gasteiger partial charge in [-0.2, -0.15) is 0 Å². The summed E-state index contributed by atoms with van der Waals surface area (Å²) in [6.45, 7) is 4.22. The monoisotopic (exact) mass is 460 g/mol. The van der Waals surface area contributed by atoms with E-state index in [0.717, 1.165) is 64.0 Å². The maximum Gasteiger partial charge on any atom is 0.0784 e. The summed E-state index contributed by atoms with van der Waals surface area (Å²) in [5, 5.41) is 4.88. The first-order chi connectivity index (χ1) is 16.8. The van der Waals surface area contributed by atoms with E-state index in [2.05, 4.69) is 44.1 Å². The number of rotatable bonds is 9. The predicted octanol–water partition coefficient (Wildman–Crippen LogP) is 4.13. The summed E-state index contributed by atoms with van der Waals surface area (Å²) in [4.78, 5) is 8.99. The summed E-state index contributed by atoms with van der Waals surface area (Å²) < 4.78 is 2.43. The van der Waals surface area contributed by atoms with Crippen LogP contribution in [0.2, 0.25) is 0 Å². The van der Waals surface area contributed by atoms with Crippen LogP contribution < -0.4 is 16.8 Å². The summed E-state index contributed by atoms with van der Waals surface area (Å²) in [6.07, 6.45) is 18.9. The highest BCUT2D eigenvalue weighted by atomic mass is 15.0. The summed E-state index contributed by atoms with van der Waals surface area (Å²) in [5.74, 6) is 0. The summed E-state index contributed by atoms with van der Waals surface area (Å²) in [5.41, 5.74) is 19.4. The van der Waals surface area contributed by atoms with E-state index < -0.39 is 0 Å². The molecule has 0 spiro atoms. The number of pyridine rings is 2. The highest BCUT2D eigenvalue weighted by molar-refractivity contribution is 5.90. The SMILES string of the molecule is NCCCCNCc1nccc2c3c(n(CCCN)c12)C=CCC3.c1cnc2c(c1)CCCC2. The Morgan fingerprint density at radius 1 is 0.941 bits per heavy atom. The Balaban J connectivity index is 0.000000226. The summed E-state index contributed by atoms with van der Waals surface area (Å²) >= 11 is 0. The van der Waals surface area contributed by atoms with E-state index in [1.807, 2.05) is 18.5 Å². The number of unbranched alkanes of at least 4 members (excludes halogenated alkanes) is 1. The fourth-order valence-electron chi connectivity index (χ4n) is 5.08. The van der Waals surface area contributed by atoms with E-state index in [9.17, 15) is 0 Å². The smallest absolute Gasteiger partial charge is 0.0784 e. The molecule has 0 bridgehead atoms. The molecule has 0 unspecified atom stereocenters. The van der Waals surface area contributed by atoms with E-state index >= 15 is 0 Å². The number of nitrogens with zero attached hydrogens (tertiary/aromatic N) is 3. The van der Waals surface area contributed by atoms with E-state index in [4.69, 9.17) is 11.5 Å². The number of fused-ring (bicyclic) bond motifs is 4. The molecule has 6 heteroatoms. The molecule has 0 fully saturated rings. The van der Waals surface area contributed by atoms with Crippen molar-refractivity contribution in [3.63, 3.8) is 0 Å². The van der Waals surface area contributed by atoms with Crippen molar-refractivity contribution in [2.45, 2.75) is 70.9 Å².